The third-order valence-electron chi connectivity index (χ3n) is 4.46. The molecule has 3 N–H and O–H groups in total. The fourth-order valence-electron chi connectivity index (χ4n) is 3.26. The second-order valence-corrected chi connectivity index (χ2v) is 6.31. The van der Waals surface area contributed by atoms with Crippen molar-refractivity contribution in [3.05, 3.63) is 59.7 Å². The highest BCUT2D eigenvalue weighted by Crippen LogP contribution is 2.29. The molecule has 0 aliphatic carbocycles. The van der Waals surface area contributed by atoms with Crippen LogP contribution in [0.25, 0.3) is 0 Å². The van der Waals surface area contributed by atoms with Gasteiger partial charge >= 0.3 is 6.36 Å². The van der Waals surface area contributed by atoms with Crippen molar-refractivity contribution in [3.63, 3.8) is 0 Å². The summed E-state index contributed by atoms with van der Waals surface area (Å²) < 4.78 is 41.1. The van der Waals surface area contributed by atoms with Gasteiger partial charge in [-0.15, -0.1) is 13.2 Å². The van der Waals surface area contributed by atoms with Gasteiger partial charge in [-0.1, -0.05) is 30.3 Å². The summed E-state index contributed by atoms with van der Waals surface area (Å²) in [7, 11) is 0. The maximum Gasteiger partial charge on any atom is 0.573 e. The van der Waals surface area contributed by atoms with Crippen LogP contribution in [0.2, 0.25) is 0 Å². The lowest BCUT2D eigenvalue weighted by atomic mass is 9.92. The first-order valence-electron chi connectivity index (χ1n) is 8.52. The van der Waals surface area contributed by atoms with Gasteiger partial charge in [0.2, 0.25) is 0 Å². The van der Waals surface area contributed by atoms with Crippen molar-refractivity contribution in [3.8, 4) is 11.5 Å². The van der Waals surface area contributed by atoms with Crippen LogP contribution in [0.3, 0.4) is 0 Å². The number of piperidine rings is 1. The number of halogens is 3. The van der Waals surface area contributed by atoms with E-state index in [9.17, 15) is 18.3 Å². The normalized spacial score (nSPS) is 20.7. The summed E-state index contributed by atoms with van der Waals surface area (Å²) in [4.78, 5) is 0. The van der Waals surface area contributed by atoms with E-state index < -0.39 is 6.36 Å². The van der Waals surface area contributed by atoms with Crippen LogP contribution in [0.4, 0.5) is 13.2 Å². The lowest BCUT2D eigenvalue weighted by molar-refractivity contribution is -0.274. The van der Waals surface area contributed by atoms with Gasteiger partial charge in [0, 0.05) is 24.2 Å². The lowest BCUT2D eigenvalue weighted by Crippen LogP contribution is -2.45. The monoisotopic (exact) mass is 366 g/mol. The number of rotatable bonds is 5. The minimum Gasteiger partial charge on any atom is -0.508 e. The molecule has 2 aromatic carbocycles. The Hall–Kier alpha value is -2.25. The van der Waals surface area contributed by atoms with Gasteiger partial charge in [0.15, 0.2) is 0 Å². The molecule has 0 radical (unpaired) electrons. The van der Waals surface area contributed by atoms with Crippen LogP contribution in [0, 0.1) is 0 Å². The van der Waals surface area contributed by atoms with Crippen LogP contribution in [-0.4, -0.2) is 24.1 Å². The van der Waals surface area contributed by atoms with Crippen molar-refractivity contribution in [2.45, 2.75) is 37.8 Å². The highest BCUT2D eigenvalue weighted by molar-refractivity contribution is 5.39. The Morgan fingerprint density at radius 3 is 2.65 bits per heavy atom. The molecule has 7 heteroatoms. The average Bonchev–Trinajstić information content (AvgIpc) is 2.62. The third-order valence-corrected chi connectivity index (χ3v) is 4.46. The second-order valence-electron chi connectivity index (χ2n) is 6.31. The van der Waals surface area contributed by atoms with Crippen LogP contribution in [0.15, 0.2) is 48.5 Å². The van der Waals surface area contributed by atoms with Gasteiger partial charge in [-0.3, -0.25) is 0 Å². The molecule has 3 rings (SSSR count). The van der Waals surface area contributed by atoms with E-state index in [0.29, 0.717) is 5.56 Å². The van der Waals surface area contributed by atoms with Crippen LogP contribution in [0.5, 0.6) is 11.5 Å². The molecular formula is C19H21F3N2O2. The predicted octanol–water partition coefficient (Wildman–Crippen LogP) is 3.87. The van der Waals surface area contributed by atoms with Crippen molar-refractivity contribution in [2.24, 2.45) is 0 Å². The van der Waals surface area contributed by atoms with Gasteiger partial charge in [-0.2, -0.15) is 0 Å². The van der Waals surface area contributed by atoms with Gasteiger partial charge in [-0.25, -0.2) is 0 Å². The van der Waals surface area contributed by atoms with Crippen LogP contribution in [-0.2, 0) is 6.54 Å². The van der Waals surface area contributed by atoms with Crippen molar-refractivity contribution in [2.75, 3.05) is 6.54 Å². The molecule has 26 heavy (non-hydrogen) atoms. The summed E-state index contributed by atoms with van der Waals surface area (Å²) in [5.74, 6) is -0.402. The van der Waals surface area contributed by atoms with Gasteiger partial charge in [0.1, 0.15) is 11.5 Å². The molecule has 2 atom stereocenters. The number of alkyl halides is 3. The molecule has 0 saturated carbocycles. The SMILES string of the molecule is Oc1ccc(OC(F)(F)F)cc1CN[C@@H]1CCCN[C@H]1c1ccccc1. The highest BCUT2D eigenvalue weighted by Gasteiger charge is 2.31. The van der Waals surface area contributed by atoms with E-state index in [4.69, 9.17) is 0 Å². The molecule has 4 nitrogen and oxygen atoms in total. The fraction of sp³-hybridized carbons (Fsp3) is 0.368. The van der Waals surface area contributed by atoms with Crippen molar-refractivity contribution < 1.29 is 23.0 Å². The molecule has 140 valence electrons. The van der Waals surface area contributed by atoms with Gasteiger partial charge in [0.25, 0.3) is 0 Å². The van der Waals surface area contributed by atoms with E-state index in [-0.39, 0.29) is 30.1 Å². The van der Waals surface area contributed by atoms with E-state index in [0.717, 1.165) is 31.0 Å². The molecule has 0 amide bonds. The number of nitrogens with one attached hydrogen (secondary N) is 2. The Balaban J connectivity index is 1.70. The number of hydrogen-bond donors (Lipinski definition) is 3. The zero-order valence-electron chi connectivity index (χ0n) is 14.1. The summed E-state index contributed by atoms with van der Waals surface area (Å²) in [6, 6.07) is 13.8. The number of ether oxygens (including phenoxy) is 1. The topological polar surface area (TPSA) is 53.5 Å². The Labute approximate surface area is 150 Å². The Bertz CT molecular complexity index is 722. The van der Waals surface area contributed by atoms with Gasteiger partial charge in [0.05, 0.1) is 0 Å². The molecule has 1 aliphatic rings. The van der Waals surface area contributed by atoms with E-state index in [1.807, 2.05) is 30.3 Å². The van der Waals surface area contributed by atoms with Gasteiger partial charge in [-0.05, 0) is 43.1 Å². The largest absolute Gasteiger partial charge is 0.573 e. The quantitative estimate of drug-likeness (QED) is 0.752. The number of hydrogen-bond acceptors (Lipinski definition) is 4. The Morgan fingerprint density at radius 1 is 1.15 bits per heavy atom. The molecule has 1 fully saturated rings. The number of phenols is 1. The molecule has 2 aromatic rings. The number of aromatic hydroxyl groups is 1. The molecule has 0 aromatic heterocycles. The van der Waals surface area contributed by atoms with Crippen molar-refractivity contribution in [1.82, 2.24) is 10.6 Å². The standard InChI is InChI=1S/C19H21F3N2O2/c20-19(21,22)26-15-8-9-17(25)14(11-15)12-24-16-7-4-10-23-18(16)13-5-2-1-3-6-13/h1-3,5-6,8-9,11,16,18,23-25H,4,7,10,12H2/t16-,18+/m1/s1. The summed E-state index contributed by atoms with van der Waals surface area (Å²) in [6.07, 6.45) is -2.82. The molecule has 1 aliphatic heterocycles. The van der Waals surface area contributed by atoms with Crippen LogP contribution >= 0.6 is 0 Å². The summed E-state index contributed by atoms with van der Waals surface area (Å²) in [6.45, 7) is 1.16. The fourth-order valence-corrected chi connectivity index (χ4v) is 3.26. The summed E-state index contributed by atoms with van der Waals surface area (Å²) in [5, 5.41) is 16.8. The van der Waals surface area contributed by atoms with Gasteiger partial charge < -0.3 is 20.5 Å². The van der Waals surface area contributed by atoms with E-state index in [2.05, 4.69) is 15.4 Å². The second kappa shape index (κ2) is 7.97. The molecule has 1 heterocycles. The Kier molecular flexibility index (Phi) is 5.68. The molecule has 0 bridgehead atoms. The Morgan fingerprint density at radius 2 is 1.92 bits per heavy atom. The van der Waals surface area contributed by atoms with Crippen molar-refractivity contribution >= 4 is 0 Å². The highest BCUT2D eigenvalue weighted by atomic mass is 19.4. The number of benzene rings is 2. The minimum atomic E-state index is -4.76. The minimum absolute atomic E-state index is 0.0629. The van der Waals surface area contributed by atoms with E-state index >= 15 is 0 Å². The maximum absolute atomic E-state index is 12.4. The number of phenolic OH excluding ortho intramolecular Hbond substituents is 1. The first-order chi connectivity index (χ1) is 12.4. The predicted molar refractivity (Wildman–Crippen MR) is 91.8 cm³/mol. The zero-order valence-corrected chi connectivity index (χ0v) is 14.1. The molecule has 0 spiro atoms. The molecular weight excluding hydrogens is 345 g/mol. The van der Waals surface area contributed by atoms with Crippen LogP contribution < -0.4 is 15.4 Å². The molecule has 0 unspecified atom stereocenters. The smallest absolute Gasteiger partial charge is 0.508 e. The third kappa shape index (κ3) is 4.89. The van der Waals surface area contributed by atoms with Crippen LogP contribution in [0.1, 0.15) is 30.0 Å². The lowest BCUT2D eigenvalue weighted by Gasteiger charge is -2.34. The van der Waals surface area contributed by atoms with Crippen molar-refractivity contribution in [1.29, 1.82) is 0 Å². The average molecular weight is 366 g/mol. The summed E-state index contributed by atoms with van der Waals surface area (Å²) in [5.41, 5.74) is 1.52. The van der Waals surface area contributed by atoms with E-state index in [1.54, 1.807) is 0 Å². The summed E-state index contributed by atoms with van der Waals surface area (Å²) >= 11 is 0. The van der Waals surface area contributed by atoms with E-state index in [1.165, 1.54) is 12.1 Å². The maximum atomic E-state index is 12.4. The molecule has 1 saturated heterocycles. The first kappa shape index (κ1) is 18.5. The zero-order chi connectivity index (χ0) is 18.6. The first-order valence-corrected chi connectivity index (χ1v) is 8.52.